The Morgan fingerprint density at radius 1 is 0.780 bits per heavy atom. The Morgan fingerprint density at radius 3 is 2.19 bits per heavy atom. The van der Waals surface area contributed by atoms with Crippen molar-refractivity contribution in [3.63, 3.8) is 0 Å². The van der Waals surface area contributed by atoms with Crippen molar-refractivity contribution in [3.05, 3.63) is 82.8 Å². The fourth-order valence-electron chi connectivity index (χ4n) is 17.5. The number of allylic oxidation sites excluding steroid dienone is 3. The zero-order valence-electron chi connectivity index (χ0n) is 57.7. The quantitative estimate of drug-likeness (QED) is 0.134. The van der Waals surface area contributed by atoms with Gasteiger partial charge in [0.25, 0.3) is 0 Å². The number of carbonyl (C=O) groups excluding carboxylic acids is 1. The minimum absolute atomic E-state index is 0.0163. The van der Waals surface area contributed by atoms with Crippen molar-refractivity contribution in [1.82, 2.24) is 56.4 Å². The van der Waals surface area contributed by atoms with Crippen molar-refractivity contribution in [3.8, 4) is 0 Å². The molecule has 0 aromatic heterocycles. The Kier molecular flexibility index (Phi) is 27.0. The Labute approximate surface area is 553 Å². The summed E-state index contributed by atoms with van der Waals surface area (Å²) >= 11 is 6.22. The predicted molar refractivity (Wildman–Crippen MR) is 371 cm³/mol. The van der Waals surface area contributed by atoms with Crippen LogP contribution in [-0.4, -0.2) is 162 Å². The van der Waals surface area contributed by atoms with Crippen LogP contribution in [0, 0.1) is 29.6 Å². The van der Waals surface area contributed by atoms with E-state index in [4.69, 9.17) is 16.6 Å². The highest BCUT2D eigenvalue weighted by Crippen LogP contribution is 2.45. The highest BCUT2D eigenvalue weighted by Gasteiger charge is 2.56. The predicted octanol–water partition coefficient (Wildman–Crippen LogP) is 13.6. The van der Waals surface area contributed by atoms with Crippen LogP contribution in [0.15, 0.2) is 71.7 Å². The molecule has 4 saturated carbocycles. The van der Waals surface area contributed by atoms with Crippen LogP contribution in [0.3, 0.4) is 0 Å². The maximum absolute atomic E-state index is 15.0. The minimum Gasteiger partial charge on any atom is -0.390 e. The average molecular weight is 1290 g/mol. The van der Waals surface area contributed by atoms with Crippen LogP contribution in [0.1, 0.15) is 214 Å². The van der Waals surface area contributed by atoms with Gasteiger partial charge in [-0.05, 0) is 178 Å². The first-order valence-corrected chi connectivity index (χ1v) is 37.1. The summed E-state index contributed by atoms with van der Waals surface area (Å²) in [6.45, 7) is 23.9. The van der Waals surface area contributed by atoms with E-state index in [2.05, 4.69) is 131 Å². The van der Waals surface area contributed by atoms with Gasteiger partial charge in [0.15, 0.2) is 0 Å². The van der Waals surface area contributed by atoms with Gasteiger partial charge in [-0.3, -0.25) is 14.7 Å². The molecule has 8 aliphatic rings. The van der Waals surface area contributed by atoms with Crippen LogP contribution in [0.5, 0.6) is 0 Å². The zero-order valence-corrected chi connectivity index (χ0v) is 58.5. The molecule has 7 fully saturated rings. The molecule has 11 atom stereocenters. The molecule has 0 bridgehead atoms. The number of piperidine rings is 1. The van der Waals surface area contributed by atoms with Gasteiger partial charge in [0.05, 0.1) is 16.5 Å². The molecule has 4 heterocycles. The summed E-state index contributed by atoms with van der Waals surface area (Å²) in [5.41, 5.74) is 3.38. The number of fused-ring (bicyclic) bond motifs is 2. The van der Waals surface area contributed by atoms with Gasteiger partial charge >= 0.3 is 6.18 Å². The number of aryl methyl sites for hydroxylation is 1. The SMILES string of the molecule is CC[C@H](C)[C@H]1CN[C@@H](C2CCC2)C(C)NCC2[C@@H](C(=O)N3CCCCC3)C(C)N2[C@@H](C2CCCC2)C(C)NC2(CCCC2)CNCCNC=CC(CCc2ccc(C(F)(F)F)c(Cl)c2)=NC=CN(C)C=C(CC2CCCCC2)N(C)C=C2CCCN2[C@@H](C)C(C)N1. The van der Waals surface area contributed by atoms with E-state index in [0.29, 0.717) is 66.6 Å². The number of rotatable bonds is 10. The number of hydrogen-bond acceptors (Lipinski definition) is 12. The number of likely N-dealkylation sites (tertiary alicyclic amines) is 1. The van der Waals surface area contributed by atoms with Crippen LogP contribution in [0.2, 0.25) is 5.02 Å². The molecule has 1 aromatic rings. The highest BCUT2D eigenvalue weighted by molar-refractivity contribution is 6.31. The number of benzene rings is 1. The van der Waals surface area contributed by atoms with E-state index in [9.17, 15) is 18.0 Å². The third kappa shape index (κ3) is 19.3. The lowest BCUT2D eigenvalue weighted by molar-refractivity contribution is -0.162. The summed E-state index contributed by atoms with van der Waals surface area (Å²) in [5.74, 6) is 2.73. The molecule has 6 N–H and O–H groups in total. The molecular weight excluding hydrogens is 1170 g/mol. The van der Waals surface area contributed by atoms with E-state index in [1.54, 1.807) is 0 Å². The molecule has 0 radical (unpaired) electrons. The lowest BCUT2D eigenvalue weighted by Crippen LogP contribution is -2.76. The molecule has 9 rings (SSSR count). The Bertz CT molecular complexity index is 2570. The maximum Gasteiger partial charge on any atom is 0.417 e. The molecule has 4 aliphatic carbocycles. The normalized spacial score (nSPS) is 31.6. The molecule has 17 heteroatoms. The third-order valence-electron chi connectivity index (χ3n) is 23.4. The largest absolute Gasteiger partial charge is 0.417 e. The summed E-state index contributed by atoms with van der Waals surface area (Å²) in [6.07, 6.45) is 36.8. The molecule has 512 valence electrons. The molecule has 5 unspecified atom stereocenters. The first-order chi connectivity index (χ1) is 43.8. The third-order valence-corrected chi connectivity index (χ3v) is 23.8. The van der Waals surface area contributed by atoms with Crippen LogP contribution < -0.4 is 31.9 Å². The second-order valence-electron chi connectivity index (χ2n) is 29.8. The number of nitrogens with one attached hydrogen (secondary N) is 6. The lowest BCUT2D eigenvalue weighted by Gasteiger charge is -2.60. The number of carbonyl (C=O) groups is 1. The van der Waals surface area contributed by atoms with Gasteiger partial charge in [0, 0.05) is 168 Å². The summed E-state index contributed by atoms with van der Waals surface area (Å²) in [5, 5.41) is 24.3. The Morgan fingerprint density at radius 2 is 1.49 bits per heavy atom. The second kappa shape index (κ2) is 34.3. The number of alkyl halides is 3. The van der Waals surface area contributed by atoms with E-state index >= 15 is 0 Å². The van der Waals surface area contributed by atoms with Gasteiger partial charge in [-0.2, -0.15) is 13.2 Å². The molecule has 1 amide bonds. The molecule has 1 aromatic carbocycles. The zero-order chi connectivity index (χ0) is 64.7. The van der Waals surface area contributed by atoms with Gasteiger partial charge in [-0.25, -0.2) is 0 Å². The smallest absolute Gasteiger partial charge is 0.390 e. The number of amides is 1. The van der Waals surface area contributed by atoms with Crippen molar-refractivity contribution in [2.45, 2.75) is 275 Å². The van der Waals surface area contributed by atoms with E-state index in [1.165, 1.54) is 120 Å². The molecule has 4 aliphatic heterocycles. The standard InChI is InChI=1S/C74H122ClF3N12O/c1-10-52(2)67-47-83-70(60-27-21-28-60)54(4)82-48-68-69(72(91)88-41-19-12-20-42-88)57(7)90(68)71(61-25-15-16-26-61)55(5)85-73(35-17-18-36-73)51-80-39-38-79-37-34-62(32-30-59-31-33-65(66(75)46-59)74(76,77)78)81-40-44-86(8)49-64(45-58-23-13-11-14-24-58)87(9)50-63-29-22-43-89(63)56(6)53(3)84-67/h31,33-34,37,40,44,46,49-50,52-58,60-61,67-71,79-80,82-85H,10-30,32,35-36,38-39,41-43,45,47-48,51H2,1-9H3/t52-,53?,54?,55?,56-,57?,67+,68?,69-,70+,71+/m0/s1. The maximum atomic E-state index is 15.0. The molecule has 13 nitrogen and oxygen atoms in total. The van der Waals surface area contributed by atoms with Gasteiger partial charge in [-0.1, -0.05) is 102 Å². The van der Waals surface area contributed by atoms with Crippen molar-refractivity contribution >= 4 is 23.2 Å². The Balaban J connectivity index is 1.00. The molecular formula is C74H122ClF3N12O. The van der Waals surface area contributed by atoms with Gasteiger partial charge in [0.2, 0.25) is 5.91 Å². The molecule has 1 spiro atoms. The topological polar surface area (TPSA) is 118 Å². The van der Waals surface area contributed by atoms with Crippen molar-refractivity contribution in [2.24, 2.45) is 34.6 Å². The van der Waals surface area contributed by atoms with Crippen LogP contribution in [0.25, 0.3) is 0 Å². The van der Waals surface area contributed by atoms with E-state index in [-0.39, 0.29) is 46.7 Å². The van der Waals surface area contributed by atoms with Crippen LogP contribution in [-0.2, 0) is 17.4 Å². The monoisotopic (exact) mass is 1290 g/mol. The molecule has 91 heavy (non-hydrogen) atoms. The average Bonchev–Trinajstić information content (AvgIpc) is 1.01. The number of hydrogen-bond donors (Lipinski definition) is 6. The van der Waals surface area contributed by atoms with E-state index in [0.717, 1.165) is 121 Å². The van der Waals surface area contributed by atoms with Crippen molar-refractivity contribution in [2.75, 3.05) is 66.5 Å². The summed E-state index contributed by atoms with van der Waals surface area (Å²) in [4.78, 5) is 32.3. The highest BCUT2D eigenvalue weighted by atomic mass is 35.5. The fraction of sp³-hybridized carbons (Fsp3) is 0.784. The van der Waals surface area contributed by atoms with Crippen LogP contribution in [0.4, 0.5) is 13.2 Å². The summed E-state index contributed by atoms with van der Waals surface area (Å²) < 4.78 is 41.1. The molecule has 3 saturated heterocycles. The lowest BCUT2D eigenvalue weighted by atomic mass is 9.73. The summed E-state index contributed by atoms with van der Waals surface area (Å²) in [7, 11) is 4.32. The number of aliphatic imine (C=N–C) groups is 1. The number of nitrogens with zero attached hydrogens (tertiary/aromatic N) is 6. The van der Waals surface area contributed by atoms with Gasteiger partial charge in [-0.15, -0.1) is 0 Å². The second-order valence-corrected chi connectivity index (χ2v) is 30.3. The first-order valence-electron chi connectivity index (χ1n) is 36.7. The fourth-order valence-corrected chi connectivity index (χ4v) is 17.8. The number of halogens is 4. The van der Waals surface area contributed by atoms with Crippen LogP contribution >= 0.6 is 11.6 Å². The van der Waals surface area contributed by atoms with Gasteiger partial charge in [0.1, 0.15) is 0 Å². The summed E-state index contributed by atoms with van der Waals surface area (Å²) in [6, 6.07) is 6.41. The van der Waals surface area contributed by atoms with E-state index < -0.39 is 11.7 Å². The van der Waals surface area contributed by atoms with Crippen molar-refractivity contribution < 1.29 is 18.0 Å². The van der Waals surface area contributed by atoms with Crippen molar-refractivity contribution in [1.29, 1.82) is 0 Å². The minimum atomic E-state index is -4.51. The van der Waals surface area contributed by atoms with E-state index in [1.807, 2.05) is 24.7 Å². The Hall–Kier alpha value is -3.64. The first kappa shape index (κ1) is 71.6. The van der Waals surface area contributed by atoms with Gasteiger partial charge < -0.3 is 51.5 Å².